The molecule has 10 heteroatoms. The van der Waals surface area contributed by atoms with Crippen molar-refractivity contribution in [3.8, 4) is 11.6 Å². The van der Waals surface area contributed by atoms with Crippen LogP contribution in [0.5, 0.6) is 11.6 Å². The molecular formula is C17H16N5O4P. The number of fused-ring (bicyclic) bond motifs is 1. The molecule has 0 bridgehead atoms. The number of anilines is 2. The Morgan fingerprint density at radius 3 is 3.00 bits per heavy atom. The van der Waals surface area contributed by atoms with E-state index in [-0.39, 0.29) is 14.2 Å². The number of benzene rings is 1. The maximum Gasteiger partial charge on any atom is 0.243 e. The number of carbonyl (C=O) groups excluding carboxylic acids is 2. The van der Waals surface area contributed by atoms with Crippen molar-refractivity contribution in [2.75, 3.05) is 23.8 Å². The van der Waals surface area contributed by atoms with Gasteiger partial charge in [0, 0.05) is 23.5 Å². The molecule has 1 atom stereocenters. The molecule has 3 aromatic rings. The molecule has 4 rings (SSSR count). The standard InChI is InChI=1S/C17H16N5O4P/c23-10-18-11-2-1-3-12(6-11)26-16-5-4-15-19-14(7-22(15)21-16)20-17(24)27-13-8-25-9-13/h1-7,10,13,27H,8-9H2,(H,18,23)(H,20,24). The molecule has 0 radical (unpaired) electrons. The third kappa shape index (κ3) is 4.21. The minimum absolute atomic E-state index is 0.0670. The lowest BCUT2D eigenvalue weighted by molar-refractivity contribution is -0.105. The number of hydrogen-bond donors (Lipinski definition) is 2. The molecule has 3 heterocycles. The zero-order valence-electron chi connectivity index (χ0n) is 14.1. The van der Waals surface area contributed by atoms with Crippen molar-refractivity contribution in [3.05, 3.63) is 42.6 Å². The van der Waals surface area contributed by atoms with Crippen LogP contribution in [0.25, 0.3) is 5.65 Å². The highest BCUT2D eigenvalue weighted by Crippen LogP contribution is 2.28. The Kier molecular flexibility index (Phi) is 4.95. The van der Waals surface area contributed by atoms with Gasteiger partial charge in [0.25, 0.3) is 0 Å². The Labute approximate surface area is 155 Å². The van der Waals surface area contributed by atoms with E-state index in [0.717, 1.165) is 0 Å². The fourth-order valence-corrected chi connectivity index (χ4v) is 3.45. The number of imidazole rings is 1. The molecule has 27 heavy (non-hydrogen) atoms. The van der Waals surface area contributed by atoms with E-state index in [0.29, 0.717) is 54.1 Å². The normalized spacial score (nSPS) is 14.2. The fraction of sp³-hybridized carbons (Fsp3) is 0.176. The summed E-state index contributed by atoms with van der Waals surface area (Å²) in [7, 11) is 0.156. The van der Waals surface area contributed by atoms with Crippen molar-refractivity contribution < 1.29 is 19.1 Å². The lowest BCUT2D eigenvalue weighted by atomic mass is 10.3. The minimum atomic E-state index is -0.0670. The fourth-order valence-electron chi connectivity index (χ4n) is 2.47. The molecule has 1 saturated heterocycles. The quantitative estimate of drug-likeness (QED) is 0.478. The number of nitrogens with zero attached hydrogens (tertiary/aromatic N) is 3. The molecule has 1 aliphatic heterocycles. The van der Waals surface area contributed by atoms with Gasteiger partial charge in [0.05, 0.1) is 19.4 Å². The summed E-state index contributed by atoms with van der Waals surface area (Å²) < 4.78 is 12.3. The van der Waals surface area contributed by atoms with Gasteiger partial charge in [-0.25, -0.2) is 9.50 Å². The molecule has 2 amide bonds. The molecule has 2 aromatic heterocycles. The third-order valence-electron chi connectivity index (χ3n) is 3.79. The van der Waals surface area contributed by atoms with Gasteiger partial charge in [-0.1, -0.05) is 6.07 Å². The van der Waals surface area contributed by atoms with E-state index in [1.165, 1.54) is 4.52 Å². The maximum absolute atomic E-state index is 12.0. The largest absolute Gasteiger partial charge is 0.438 e. The SMILES string of the molecule is O=CNc1cccc(Oc2ccc3nc(NC(=O)PC4COC4)cn3n2)c1. The van der Waals surface area contributed by atoms with Gasteiger partial charge >= 0.3 is 0 Å². The summed E-state index contributed by atoms with van der Waals surface area (Å²) in [6.45, 7) is 1.28. The van der Waals surface area contributed by atoms with E-state index in [2.05, 4.69) is 20.7 Å². The Balaban J connectivity index is 1.46. The average molecular weight is 385 g/mol. The topological polar surface area (TPSA) is 107 Å². The Hall–Kier alpha value is -3.03. The van der Waals surface area contributed by atoms with Crippen LogP contribution in [-0.2, 0) is 9.53 Å². The highest BCUT2D eigenvalue weighted by Gasteiger charge is 2.22. The number of carbonyl (C=O) groups is 2. The van der Waals surface area contributed by atoms with Crippen LogP contribution < -0.4 is 15.4 Å². The molecule has 1 aromatic carbocycles. The third-order valence-corrected chi connectivity index (χ3v) is 4.92. The highest BCUT2D eigenvalue weighted by molar-refractivity contribution is 7.59. The Bertz CT molecular complexity index is 988. The first kappa shape index (κ1) is 17.4. The van der Waals surface area contributed by atoms with Crippen molar-refractivity contribution in [2.24, 2.45) is 0 Å². The van der Waals surface area contributed by atoms with E-state index in [1.807, 2.05) is 0 Å². The smallest absolute Gasteiger partial charge is 0.243 e. The number of amides is 2. The van der Waals surface area contributed by atoms with Crippen LogP contribution in [0.15, 0.2) is 42.6 Å². The average Bonchev–Trinajstić information content (AvgIpc) is 3.00. The summed E-state index contributed by atoms with van der Waals surface area (Å²) in [5.41, 5.74) is 1.45. The van der Waals surface area contributed by atoms with Crippen molar-refractivity contribution in [3.63, 3.8) is 0 Å². The van der Waals surface area contributed by atoms with E-state index in [4.69, 9.17) is 9.47 Å². The van der Waals surface area contributed by atoms with Gasteiger partial charge in [0.1, 0.15) is 5.75 Å². The highest BCUT2D eigenvalue weighted by atomic mass is 31.1. The van der Waals surface area contributed by atoms with E-state index in [9.17, 15) is 9.59 Å². The second-order valence-electron chi connectivity index (χ2n) is 5.83. The summed E-state index contributed by atoms with van der Waals surface area (Å²) in [5.74, 6) is 1.33. The predicted octanol–water partition coefficient (Wildman–Crippen LogP) is 2.70. The van der Waals surface area contributed by atoms with Crippen molar-refractivity contribution in [2.45, 2.75) is 5.66 Å². The molecule has 2 N–H and O–H groups in total. The lowest BCUT2D eigenvalue weighted by Crippen LogP contribution is -2.30. The van der Waals surface area contributed by atoms with Crippen LogP contribution >= 0.6 is 8.58 Å². The maximum atomic E-state index is 12.0. The van der Waals surface area contributed by atoms with E-state index < -0.39 is 0 Å². The number of nitrogens with one attached hydrogen (secondary N) is 2. The molecule has 1 unspecified atom stereocenters. The molecule has 1 fully saturated rings. The molecule has 0 saturated carbocycles. The van der Waals surface area contributed by atoms with Crippen LogP contribution in [0.4, 0.5) is 16.3 Å². The van der Waals surface area contributed by atoms with Gasteiger partial charge < -0.3 is 20.1 Å². The van der Waals surface area contributed by atoms with Gasteiger partial charge in [-0.2, -0.15) is 0 Å². The first-order chi connectivity index (χ1) is 13.2. The molecule has 0 aliphatic carbocycles. The monoisotopic (exact) mass is 385 g/mol. The van der Waals surface area contributed by atoms with Crippen LogP contribution in [0, 0.1) is 0 Å². The lowest BCUT2D eigenvalue weighted by Gasteiger charge is -2.24. The Morgan fingerprint density at radius 2 is 2.22 bits per heavy atom. The predicted molar refractivity (Wildman–Crippen MR) is 101 cm³/mol. The van der Waals surface area contributed by atoms with Crippen molar-refractivity contribution in [1.29, 1.82) is 0 Å². The summed E-state index contributed by atoms with van der Waals surface area (Å²) >= 11 is 0. The molecule has 0 spiro atoms. The summed E-state index contributed by atoms with van der Waals surface area (Å²) in [6, 6.07) is 10.4. The first-order valence-corrected chi connectivity index (χ1v) is 9.27. The number of aromatic nitrogens is 3. The number of rotatable bonds is 7. The minimum Gasteiger partial charge on any atom is -0.438 e. The first-order valence-electron chi connectivity index (χ1n) is 8.19. The summed E-state index contributed by atoms with van der Waals surface area (Å²) in [5, 5.41) is 9.68. The second kappa shape index (κ2) is 7.69. The number of ether oxygens (including phenoxy) is 2. The van der Waals surface area contributed by atoms with Crippen molar-refractivity contribution >= 4 is 37.8 Å². The van der Waals surface area contributed by atoms with E-state index in [1.54, 1.807) is 42.6 Å². The van der Waals surface area contributed by atoms with Gasteiger partial charge in [-0.3, -0.25) is 9.59 Å². The Morgan fingerprint density at radius 1 is 1.33 bits per heavy atom. The summed E-state index contributed by atoms with van der Waals surface area (Å²) in [6.07, 6.45) is 2.23. The van der Waals surface area contributed by atoms with Crippen LogP contribution in [-0.4, -0.2) is 45.5 Å². The van der Waals surface area contributed by atoms with Crippen LogP contribution in [0.3, 0.4) is 0 Å². The summed E-state index contributed by atoms with van der Waals surface area (Å²) in [4.78, 5) is 26.9. The van der Waals surface area contributed by atoms with E-state index >= 15 is 0 Å². The molecule has 138 valence electrons. The zero-order valence-corrected chi connectivity index (χ0v) is 15.1. The van der Waals surface area contributed by atoms with Crippen LogP contribution in [0.2, 0.25) is 0 Å². The van der Waals surface area contributed by atoms with Crippen LogP contribution in [0.1, 0.15) is 0 Å². The number of hydrogen-bond acceptors (Lipinski definition) is 6. The zero-order chi connectivity index (χ0) is 18.6. The van der Waals surface area contributed by atoms with Crippen molar-refractivity contribution in [1.82, 2.24) is 14.6 Å². The van der Waals surface area contributed by atoms with Gasteiger partial charge in [-0.05, 0) is 26.8 Å². The molecular weight excluding hydrogens is 369 g/mol. The van der Waals surface area contributed by atoms with Gasteiger partial charge in [-0.15, -0.1) is 5.10 Å². The van der Waals surface area contributed by atoms with Gasteiger partial charge in [0.15, 0.2) is 11.5 Å². The molecule has 1 aliphatic rings. The second-order valence-corrected chi connectivity index (χ2v) is 7.38. The molecule has 9 nitrogen and oxygen atoms in total. The van der Waals surface area contributed by atoms with Gasteiger partial charge in [0.2, 0.25) is 17.9 Å².